The first-order valence-electron chi connectivity index (χ1n) is 9.32. The van der Waals surface area contributed by atoms with Crippen LogP contribution in [0.1, 0.15) is 23.5 Å². The van der Waals surface area contributed by atoms with Crippen molar-refractivity contribution in [2.45, 2.75) is 18.9 Å². The highest BCUT2D eigenvalue weighted by Gasteiger charge is 2.23. The maximum absolute atomic E-state index is 14.6. The number of halogens is 1. The van der Waals surface area contributed by atoms with Crippen molar-refractivity contribution >= 4 is 17.3 Å². The molecule has 1 aliphatic heterocycles. The third kappa shape index (κ3) is 4.04. The van der Waals surface area contributed by atoms with E-state index in [1.54, 1.807) is 24.4 Å². The van der Waals surface area contributed by atoms with Crippen LogP contribution in [-0.2, 0) is 0 Å². The Balaban J connectivity index is 1.57. The number of para-hydroxylation sites is 1. The molecule has 0 spiro atoms. The number of imidazole rings is 1. The van der Waals surface area contributed by atoms with E-state index in [0.29, 0.717) is 35.7 Å². The largest absolute Gasteiger partial charge is 0.493 e. The zero-order valence-corrected chi connectivity index (χ0v) is 15.6. The van der Waals surface area contributed by atoms with Crippen LogP contribution >= 0.6 is 0 Å². The molecule has 8 nitrogen and oxygen atoms in total. The summed E-state index contributed by atoms with van der Waals surface area (Å²) in [6.45, 7) is 1.20. The highest BCUT2D eigenvalue weighted by atomic mass is 19.1. The highest BCUT2D eigenvalue weighted by Crippen LogP contribution is 2.31. The van der Waals surface area contributed by atoms with Crippen molar-refractivity contribution in [1.29, 1.82) is 0 Å². The molecule has 0 radical (unpaired) electrons. The number of nitrogens with zero attached hydrogens (tertiary/aromatic N) is 3. The van der Waals surface area contributed by atoms with E-state index >= 15 is 0 Å². The third-order valence-electron chi connectivity index (χ3n) is 4.84. The standard InChI is InChI=1S/C20H21FN6O2/c21-14-4-1-5-15(18(14)27-8-2-3-13(22)11-27)26-20(29)19-24-10-16(25-19)12-6-7-23-17(28)9-12/h1,4-7,9-10,13H,2-3,8,11,22H2,(H,23,28)(H,24,25)(H,26,29). The number of carbonyl (C=O) groups excluding carboxylic acids is 1. The van der Waals surface area contributed by atoms with E-state index < -0.39 is 11.7 Å². The summed E-state index contributed by atoms with van der Waals surface area (Å²) in [5.41, 5.74) is 7.83. The van der Waals surface area contributed by atoms with Crippen LogP contribution in [0, 0.1) is 5.82 Å². The molecular formula is C20H21FN6O2. The second kappa shape index (κ2) is 7.88. The molecule has 4 rings (SSSR count). The van der Waals surface area contributed by atoms with E-state index in [1.807, 2.05) is 4.90 Å². The Morgan fingerprint density at radius 1 is 1.38 bits per heavy atom. The average Bonchev–Trinajstić information content (AvgIpc) is 3.18. The second-order valence-corrected chi connectivity index (χ2v) is 6.98. The van der Waals surface area contributed by atoms with Gasteiger partial charge in [-0.2, -0.15) is 0 Å². The lowest BCUT2D eigenvalue weighted by molar-refractivity contribution is 0.101. The molecule has 9 heteroatoms. The molecule has 3 heterocycles. The van der Waals surface area contributed by atoms with Crippen LogP contribution in [-0.4, -0.2) is 45.1 Å². The Bertz CT molecular complexity index is 1040. The van der Waals surface area contributed by atoms with Crippen molar-refractivity contribution in [1.82, 2.24) is 15.0 Å². The van der Waals surface area contributed by atoms with Gasteiger partial charge >= 0.3 is 0 Å². The zero-order chi connectivity index (χ0) is 20.4. The molecule has 3 aromatic rings. The SMILES string of the molecule is NC1CCCN(c2c(F)cccc2NC(=O)c2nc(-c3ccnc(O)c3)c[nH]2)C1. The quantitative estimate of drug-likeness (QED) is 0.538. The molecule has 0 saturated carbocycles. The van der Waals surface area contributed by atoms with Crippen molar-refractivity contribution in [3.05, 3.63) is 54.4 Å². The molecule has 1 saturated heterocycles. The molecule has 1 fully saturated rings. The van der Waals surface area contributed by atoms with E-state index in [4.69, 9.17) is 5.73 Å². The maximum atomic E-state index is 14.6. The average molecular weight is 396 g/mol. The predicted molar refractivity (Wildman–Crippen MR) is 107 cm³/mol. The normalized spacial score (nSPS) is 16.6. The number of H-pyrrole nitrogens is 1. The smallest absolute Gasteiger partial charge is 0.291 e. The number of hydrogen-bond donors (Lipinski definition) is 4. The number of aromatic amines is 1. The first kappa shape index (κ1) is 18.9. The van der Waals surface area contributed by atoms with E-state index in [2.05, 4.69) is 20.3 Å². The number of rotatable bonds is 4. The minimum atomic E-state index is -0.498. The molecule has 1 unspecified atom stereocenters. The van der Waals surface area contributed by atoms with Crippen LogP contribution in [0.2, 0.25) is 0 Å². The molecule has 5 N–H and O–H groups in total. The van der Waals surface area contributed by atoms with Gasteiger partial charge in [0.25, 0.3) is 5.91 Å². The van der Waals surface area contributed by atoms with Crippen molar-refractivity contribution in [2.75, 3.05) is 23.3 Å². The lowest BCUT2D eigenvalue weighted by atomic mass is 10.1. The van der Waals surface area contributed by atoms with Gasteiger partial charge in [-0.25, -0.2) is 14.4 Å². The molecule has 2 aromatic heterocycles. The van der Waals surface area contributed by atoms with Crippen molar-refractivity contribution < 1.29 is 14.3 Å². The van der Waals surface area contributed by atoms with Gasteiger partial charge in [0, 0.05) is 43.2 Å². The summed E-state index contributed by atoms with van der Waals surface area (Å²) in [6.07, 6.45) is 4.76. The Labute approximate surface area is 166 Å². The van der Waals surface area contributed by atoms with Gasteiger partial charge in [-0.05, 0) is 31.0 Å². The summed E-state index contributed by atoms with van der Waals surface area (Å²) in [6, 6.07) is 7.65. The Morgan fingerprint density at radius 3 is 3.03 bits per heavy atom. The molecular weight excluding hydrogens is 375 g/mol. The van der Waals surface area contributed by atoms with Crippen molar-refractivity contribution in [2.24, 2.45) is 5.73 Å². The molecule has 1 atom stereocenters. The van der Waals surface area contributed by atoms with Crippen LogP contribution in [0.4, 0.5) is 15.8 Å². The number of amides is 1. The summed E-state index contributed by atoms with van der Waals surface area (Å²) in [5.74, 6) is -0.977. The summed E-state index contributed by atoms with van der Waals surface area (Å²) in [7, 11) is 0. The lowest BCUT2D eigenvalue weighted by Crippen LogP contribution is -2.43. The van der Waals surface area contributed by atoms with Crippen LogP contribution < -0.4 is 16.0 Å². The minimum Gasteiger partial charge on any atom is -0.493 e. The monoisotopic (exact) mass is 396 g/mol. The molecule has 0 aliphatic carbocycles. The topological polar surface area (TPSA) is 120 Å². The van der Waals surface area contributed by atoms with E-state index in [0.717, 1.165) is 12.8 Å². The molecule has 1 amide bonds. The van der Waals surface area contributed by atoms with Gasteiger partial charge < -0.3 is 26.0 Å². The first-order chi connectivity index (χ1) is 14.0. The number of anilines is 2. The van der Waals surface area contributed by atoms with Crippen LogP contribution in [0.25, 0.3) is 11.3 Å². The number of nitrogens with two attached hydrogens (primary N) is 1. The van der Waals surface area contributed by atoms with Crippen LogP contribution in [0.3, 0.4) is 0 Å². The number of pyridine rings is 1. The molecule has 150 valence electrons. The lowest BCUT2D eigenvalue weighted by Gasteiger charge is -2.34. The molecule has 1 aromatic carbocycles. The molecule has 1 aliphatic rings. The first-order valence-corrected chi connectivity index (χ1v) is 9.32. The number of hydrogen-bond acceptors (Lipinski definition) is 6. The second-order valence-electron chi connectivity index (χ2n) is 6.98. The highest BCUT2D eigenvalue weighted by molar-refractivity contribution is 6.04. The van der Waals surface area contributed by atoms with Gasteiger partial charge in [0.05, 0.1) is 17.1 Å². The number of piperidine rings is 1. The van der Waals surface area contributed by atoms with E-state index in [-0.39, 0.29) is 17.7 Å². The number of benzene rings is 1. The summed E-state index contributed by atoms with van der Waals surface area (Å²) >= 11 is 0. The molecule has 29 heavy (non-hydrogen) atoms. The number of aromatic nitrogens is 3. The van der Waals surface area contributed by atoms with Crippen LogP contribution in [0.5, 0.6) is 5.88 Å². The minimum absolute atomic E-state index is 0.0312. The predicted octanol–water partition coefficient (Wildman–Crippen LogP) is 2.50. The fourth-order valence-electron chi connectivity index (χ4n) is 3.50. The van der Waals surface area contributed by atoms with Gasteiger partial charge in [-0.1, -0.05) is 6.07 Å². The number of carbonyl (C=O) groups is 1. The van der Waals surface area contributed by atoms with Crippen molar-refractivity contribution in [3.8, 4) is 17.1 Å². The summed E-state index contributed by atoms with van der Waals surface area (Å²) < 4.78 is 14.6. The van der Waals surface area contributed by atoms with Gasteiger partial charge in [0.15, 0.2) is 5.82 Å². The summed E-state index contributed by atoms with van der Waals surface area (Å²) in [5, 5.41) is 12.2. The van der Waals surface area contributed by atoms with E-state index in [9.17, 15) is 14.3 Å². The Morgan fingerprint density at radius 2 is 2.24 bits per heavy atom. The number of aromatic hydroxyl groups is 1. The van der Waals surface area contributed by atoms with Gasteiger partial charge in [-0.3, -0.25) is 4.79 Å². The molecule has 0 bridgehead atoms. The Hall–Kier alpha value is -3.46. The Kier molecular flexibility index (Phi) is 5.13. The third-order valence-corrected chi connectivity index (χ3v) is 4.84. The number of nitrogens with one attached hydrogen (secondary N) is 2. The van der Waals surface area contributed by atoms with Crippen molar-refractivity contribution in [3.63, 3.8) is 0 Å². The van der Waals surface area contributed by atoms with Gasteiger partial charge in [0.1, 0.15) is 5.82 Å². The fraction of sp³-hybridized carbons (Fsp3) is 0.250. The maximum Gasteiger partial charge on any atom is 0.291 e. The fourth-order valence-corrected chi connectivity index (χ4v) is 3.50. The van der Waals surface area contributed by atoms with Gasteiger partial charge in [-0.15, -0.1) is 0 Å². The zero-order valence-electron chi connectivity index (χ0n) is 15.6. The van der Waals surface area contributed by atoms with Crippen LogP contribution in [0.15, 0.2) is 42.7 Å². The van der Waals surface area contributed by atoms with Gasteiger partial charge in [0.2, 0.25) is 5.88 Å². The van der Waals surface area contributed by atoms with E-state index in [1.165, 1.54) is 18.3 Å². The summed E-state index contributed by atoms with van der Waals surface area (Å²) in [4.78, 5) is 25.4.